The van der Waals surface area contributed by atoms with Crippen LogP contribution < -0.4 is 11.2 Å². The number of benzene rings is 1. The topological polar surface area (TPSA) is 98.0 Å². The van der Waals surface area contributed by atoms with Crippen LogP contribution in [0.1, 0.15) is 0 Å². The van der Waals surface area contributed by atoms with Gasteiger partial charge in [0, 0.05) is 4.47 Å². The molecule has 0 amide bonds. The van der Waals surface area contributed by atoms with Gasteiger partial charge in [0.2, 0.25) is 5.71 Å². The van der Waals surface area contributed by atoms with Crippen LogP contribution in [0.15, 0.2) is 21.7 Å². The molecule has 0 unspecified atom stereocenters. The van der Waals surface area contributed by atoms with E-state index in [9.17, 15) is 0 Å². The summed E-state index contributed by atoms with van der Waals surface area (Å²) < 4.78 is 0.644. The van der Waals surface area contributed by atoms with Crippen LogP contribution in [0.25, 0.3) is 0 Å². The van der Waals surface area contributed by atoms with Crippen molar-refractivity contribution < 1.29 is 0 Å². The number of hydrazone groups is 1. The van der Waals surface area contributed by atoms with Gasteiger partial charge in [0.05, 0.1) is 15.7 Å². The molecule has 0 spiro atoms. The maximum absolute atomic E-state index is 8.63. The minimum absolute atomic E-state index is 0.236. The van der Waals surface area contributed by atoms with Gasteiger partial charge in [-0.25, -0.2) is 0 Å². The molecule has 0 radical (unpaired) electrons. The predicted molar refractivity (Wildman–Crippen MR) is 72.7 cm³/mol. The zero-order chi connectivity index (χ0) is 13.0. The number of hydrogen-bond acceptors (Lipinski definition) is 4. The van der Waals surface area contributed by atoms with Gasteiger partial charge in [0.25, 0.3) is 0 Å². The smallest absolute Gasteiger partial charge is 0.201 e. The summed E-state index contributed by atoms with van der Waals surface area (Å²) in [5.41, 5.74) is 7.82. The summed E-state index contributed by atoms with van der Waals surface area (Å²) in [6.07, 6.45) is 0. The van der Waals surface area contributed by atoms with Crippen LogP contribution in [-0.2, 0) is 0 Å². The van der Waals surface area contributed by atoms with Gasteiger partial charge < -0.3 is 5.73 Å². The summed E-state index contributed by atoms with van der Waals surface area (Å²) in [4.78, 5) is 0. The van der Waals surface area contributed by atoms with Crippen LogP contribution in [0, 0.1) is 16.7 Å². The monoisotopic (exact) mass is 333 g/mol. The second-order valence-corrected chi connectivity index (χ2v) is 4.51. The number of nitriles is 1. The van der Waals surface area contributed by atoms with Gasteiger partial charge in [-0.15, -0.1) is 0 Å². The number of nitrogens with zero attached hydrogens (tertiary/aromatic N) is 2. The van der Waals surface area contributed by atoms with Gasteiger partial charge in [0.15, 0.2) is 5.84 Å². The molecule has 5 nitrogen and oxygen atoms in total. The van der Waals surface area contributed by atoms with Gasteiger partial charge in [-0.3, -0.25) is 10.8 Å². The molecule has 0 heterocycles. The van der Waals surface area contributed by atoms with E-state index >= 15 is 0 Å². The molecule has 88 valence electrons. The van der Waals surface area contributed by atoms with E-state index in [0.29, 0.717) is 20.2 Å². The van der Waals surface area contributed by atoms with Crippen LogP contribution in [0.5, 0.6) is 0 Å². The molecule has 0 aliphatic carbocycles. The highest BCUT2D eigenvalue weighted by Crippen LogP contribution is 2.32. The minimum atomic E-state index is -0.431. The van der Waals surface area contributed by atoms with E-state index in [1.165, 1.54) is 6.07 Å². The van der Waals surface area contributed by atoms with Crippen molar-refractivity contribution in [3.8, 4) is 6.07 Å². The van der Waals surface area contributed by atoms with Crippen molar-refractivity contribution in [3.05, 3.63) is 26.7 Å². The molecule has 0 atom stereocenters. The Morgan fingerprint density at radius 2 is 2.12 bits per heavy atom. The first-order valence-electron chi connectivity index (χ1n) is 4.18. The Morgan fingerprint density at radius 1 is 1.47 bits per heavy atom. The molecule has 8 heteroatoms. The number of anilines is 1. The maximum atomic E-state index is 8.63. The fourth-order valence-corrected chi connectivity index (χ4v) is 1.71. The Kier molecular flexibility index (Phi) is 4.75. The lowest BCUT2D eigenvalue weighted by atomic mass is 10.3. The Hall–Kier alpha value is -1.29. The summed E-state index contributed by atoms with van der Waals surface area (Å²) in [6.45, 7) is 0. The van der Waals surface area contributed by atoms with Crippen LogP contribution in [0.3, 0.4) is 0 Å². The molecule has 1 aromatic rings. The molecule has 4 N–H and O–H groups in total. The number of nitrogens with one attached hydrogen (secondary N) is 2. The van der Waals surface area contributed by atoms with Crippen LogP contribution in [-0.4, -0.2) is 11.5 Å². The van der Waals surface area contributed by atoms with E-state index in [-0.39, 0.29) is 5.71 Å². The average Bonchev–Trinajstić information content (AvgIpc) is 2.25. The second kappa shape index (κ2) is 5.87. The SMILES string of the molecule is N#C/C(=N\Nc1cc(Cl)c(Br)cc1Cl)C(=N)N. The first-order chi connectivity index (χ1) is 7.95. The lowest BCUT2D eigenvalue weighted by Gasteiger charge is -2.05. The molecule has 0 saturated heterocycles. The Balaban J connectivity index is 3.01. The number of halogens is 3. The molecule has 0 bridgehead atoms. The molecule has 0 aliphatic rings. The first kappa shape index (κ1) is 13.8. The van der Waals surface area contributed by atoms with E-state index in [4.69, 9.17) is 39.6 Å². The molecule has 0 aliphatic heterocycles. The third-order valence-corrected chi connectivity index (χ3v) is 3.17. The van der Waals surface area contributed by atoms with E-state index in [0.717, 1.165) is 0 Å². The van der Waals surface area contributed by atoms with E-state index in [1.807, 2.05) is 0 Å². The Labute approximate surface area is 116 Å². The van der Waals surface area contributed by atoms with E-state index < -0.39 is 5.84 Å². The molecule has 1 rings (SSSR count). The van der Waals surface area contributed by atoms with Gasteiger partial charge in [-0.05, 0) is 28.1 Å². The highest BCUT2D eigenvalue weighted by atomic mass is 79.9. The van der Waals surface area contributed by atoms with Crippen LogP contribution in [0.2, 0.25) is 10.0 Å². The fourth-order valence-electron chi connectivity index (χ4n) is 0.870. The zero-order valence-corrected chi connectivity index (χ0v) is 11.4. The standard InChI is InChI=1S/C9H6BrCl2N5/c10-4-1-6(12)7(2-5(4)11)16-17-8(3-13)9(14)15/h1-2,16H,(H3,14,15)/b17-8+. The third-order valence-electron chi connectivity index (χ3n) is 1.66. The minimum Gasteiger partial charge on any atom is -0.382 e. The van der Waals surface area contributed by atoms with Crippen molar-refractivity contribution in [1.29, 1.82) is 10.7 Å². The molecule has 0 saturated carbocycles. The van der Waals surface area contributed by atoms with Gasteiger partial charge in [0.1, 0.15) is 6.07 Å². The number of amidine groups is 1. The summed E-state index contributed by atoms with van der Waals surface area (Å²) in [6, 6.07) is 4.79. The summed E-state index contributed by atoms with van der Waals surface area (Å²) >= 11 is 15.0. The van der Waals surface area contributed by atoms with Crippen molar-refractivity contribution in [3.63, 3.8) is 0 Å². The molecule has 17 heavy (non-hydrogen) atoms. The van der Waals surface area contributed by atoms with E-state index in [1.54, 1.807) is 12.1 Å². The van der Waals surface area contributed by atoms with Crippen molar-refractivity contribution in [2.75, 3.05) is 5.43 Å². The lowest BCUT2D eigenvalue weighted by molar-refractivity contribution is 1.33. The van der Waals surface area contributed by atoms with Crippen molar-refractivity contribution >= 4 is 56.4 Å². The van der Waals surface area contributed by atoms with Crippen molar-refractivity contribution in [2.24, 2.45) is 10.8 Å². The summed E-state index contributed by atoms with van der Waals surface area (Å²) in [5, 5.41) is 20.1. The summed E-state index contributed by atoms with van der Waals surface area (Å²) in [7, 11) is 0. The second-order valence-electron chi connectivity index (χ2n) is 2.84. The predicted octanol–water partition coefficient (Wildman–Crippen LogP) is 2.98. The Morgan fingerprint density at radius 3 is 2.65 bits per heavy atom. The highest BCUT2D eigenvalue weighted by molar-refractivity contribution is 9.10. The fraction of sp³-hybridized carbons (Fsp3) is 0. The number of rotatable bonds is 3. The van der Waals surface area contributed by atoms with Crippen LogP contribution >= 0.6 is 39.1 Å². The molecule has 0 fully saturated rings. The van der Waals surface area contributed by atoms with Gasteiger partial charge in [-0.2, -0.15) is 10.4 Å². The van der Waals surface area contributed by atoms with Crippen LogP contribution in [0.4, 0.5) is 5.69 Å². The molecule has 0 aromatic heterocycles. The maximum Gasteiger partial charge on any atom is 0.201 e. The highest BCUT2D eigenvalue weighted by Gasteiger charge is 2.06. The normalized spacial score (nSPS) is 10.8. The first-order valence-corrected chi connectivity index (χ1v) is 5.73. The molecule has 1 aromatic carbocycles. The zero-order valence-electron chi connectivity index (χ0n) is 8.26. The lowest BCUT2D eigenvalue weighted by Crippen LogP contribution is -2.21. The largest absolute Gasteiger partial charge is 0.382 e. The van der Waals surface area contributed by atoms with Crippen molar-refractivity contribution in [1.82, 2.24) is 0 Å². The quantitative estimate of drug-likeness (QED) is 0.343. The van der Waals surface area contributed by atoms with Gasteiger partial charge >= 0.3 is 0 Å². The van der Waals surface area contributed by atoms with Gasteiger partial charge in [-0.1, -0.05) is 23.2 Å². The molecular weight excluding hydrogens is 329 g/mol. The van der Waals surface area contributed by atoms with Crippen molar-refractivity contribution in [2.45, 2.75) is 0 Å². The average molecular weight is 335 g/mol. The number of nitrogens with two attached hydrogens (primary N) is 1. The number of hydrogen-bond donors (Lipinski definition) is 3. The summed E-state index contributed by atoms with van der Waals surface area (Å²) in [5.74, 6) is -0.431. The Bertz CT molecular complexity index is 535. The molecular formula is C9H6BrCl2N5. The van der Waals surface area contributed by atoms with E-state index in [2.05, 4.69) is 26.5 Å². The third kappa shape index (κ3) is 3.60.